The molecule has 0 radical (unpaired) electrons. The van der Waals surface area contributed by atoms with Crippen LogP contribution in [0.1, 0.15) is 37.3 Å². The van der Waals surface area contributed by atoms with Gasteiger partial charge in [0.1, 0.15) is 0 Å². The van der Waals surface area contributed by atoms with Crippen molar-refractivity contribution >= 4 is 0 Å². The Morgan fingerprint density at radius 3 is 3.24 bits per heavy atom. The van der Waals surface area contributed by atoms with Crippen LogP contribution in [0.25, 0.3) is 0 Å². The largest absolute Gasteiger partial charge is 0.375 e. The molecule has 0 bridgehead atoms. The maximum atomic E-state index is 5.56. The first-order valence-corrected chi connectivity index (χ1v) is 6.21. The van der Waals surface area contributed by atoms with E-state index in [1.165, 1.54) is 11.4 Å². The minimum Gasteiger partial charge on any atom is -0.375 e. The van der Waals surface area contributed by atoms with E-state index < -0.39 is 0 Å². The molecule has 17 heavy (non-hydrogen) atoms. The number of ether oxygens (including phenoxy) is 1. The van der Waals surface area contributed by atoms with Crippen LogP contribution in [0.5, 0.6) is 0 Å². The molecule has 4 heteroatoms. The van der Waals surface area contributed by atoms with E-state index in [0.717, 1.165) is 13.0 Å². The Morgan fingerprint density at radius 1 is 1.71 bits per heavy atom. The average Bonchev–Trinajstić information content (AvgIpc) is 2.74. The summed E-state index contributed by atoms with van der Waals surface area (Å²) in [6, 6.07) is 0.691. The molecule has 1 atom stereocenters. The summed E-state index contributed by atoms with van der Waals surface area (Å²) in [4.78, 5) is 4.50. The third-order valence-electron chi connectivity index (χ3n) is 3.07. The molecule has 1 unspecified atom stereocenters. The van der Waals surface area contributed by atoms with Crippen molar-refractivity contribution in [2.75, 3.05) is 19.8 Å². The fraction of sp³-hybridized carbons (Fsp3) is 0.615. The fourth-order valence-corrected chi connectivity index (χ4v) is 2.26. The van der Waals surface area contributed by atoms with E-state index in [0.29, 0.717) is 19.3 Å². The van der Waals surface area contributed by atoms with Crippen molar-refractivity contribution in [3.63, 3.8) is 0 Å². The van der Waals surface area contributed by atoms with Crippen LogP contribution in [0.3, 0.4) is 0 Å². The summed E-state index contributed by atoms with van der Waals surface area (Å²) in [5, 5.41) is 3.50. The molecular weight excluding hydrogens is 214 g/mol. The zero-order valence-corrected chi connectivity index (χ0v) is 10.6. The second-order valence-corrected chi connectivity index (χ2v) is 4.66. The molecular formula is C13H21N3O. The van der Waals surface area contributed by atoms with Gasteiger partial charge in [0.2, 0.25) is 0 Å². The lowest BCUT2D eigenvalue weighted by Gasteiger charge is -2.26. The van der Waals surface area contributed by atoms with Crippen LogP contribution in [0.15, 0.2) is 19.0 Å². The predicted molar refractivity (Wildman–Crippen MR) is 68.1 cm³/mol. The van der Waals surface area contributed by atoms with Gasteiger partial charge in [-0.1, -0.05) is 6.08 Å². The first-order chi connectivity index (χ1) is 8.24. The van der Waals surface area contributed by atoms with Crippen molar-refractivity contribution in [2.45, 2.75) is 32.4 Å². The Balaban J connectivity index is 2.16. The zero-order valence-electron chi connectivity index (χ0n) is 10.6. The van der Waals surface area contributed by atoms with E-state index in [1.54, 1.807) is 6.08 Å². The van der Waals surface area contributed by atoms with E-state index in [4.69, 9.17) is 4.74 Å². The lowest BCUT2D eigenvalue weighted by Crippen LogP contribution is -2.34. The van der Waals surface area contributed by atoms with Gasteiger partial charge in [0.05, 0.1) is 37.0 Å². The molecule has 2 rings (SSSR count). The smallest absolute Gasteiger partial charge is 0.0954 e. The summed E-state index contributed by atoms with van der Waals surface area (Å²) in [7, 11) is 0. The minimum atomic E-state index is 0.253. The molecule has 2 heterocycles. The Morgan fingerprint density at radius 2 is 2.53 bits per heavy atom. The fourth-order valence-electron chi connectivity index (χ4n) is 2.26. The lowest BCUT2D eigenvalue weighted by molar-refractivity contribution is 0.130. The lowest BCUT2D eigenvalue weighted by atomic mass is 10.1. The van der Waals surface area contributed by atoms with Gasteiger partial charge in [-0.2, -0.15) is 0 Å². The van der Waals surface area contributed by atoms with Gasteiger partial charge in [-0.3, -0.25) is 0 Å². The van der Waals surface area contributed by atoms with Crippen LogP contribution in [-0.2, 0) is 11.2 Å². The Labute approximate surface area is 103 Å². The molecule has 1 aromatic heterocycles. The summed E-state index contributed by atoms with van der Waals surface area (Å²) in [5.41, 5.74) is 2.50. The molecule has 0 fully saturated rings. The summed E-state index contributed by atoms with van der Waals surface area (Å²) >= 11 is 0. The summed E-state index contributed by atoms with van der Waals surface area (Å²) in [5.74, 6) is 0. The number of hydrogen-bond donors (Lipinski definition) is 1. The average molecular weight is 235 g/mol. The molecule has 1 aromatic rings. The van der Waals surface area contributed by atoms with E-state index in [2.05, 4.69) is 35.3 Å². The number of nitrogens with one attached hydrogen (secondary N) is 1. The third-order valence-corrected chi connectivity index (χ3v) is 3.07. The molecule has 0 saturated heterocycles. The molecule has 0 aliphatic carbocycles. The molecule has 1 N–H and O–H groups in total. The molecule has 0 amide bonds. The van der Waals surface area contributed by atoms with Crippen molar-refractivity contribution in [1.82, 2.24) is 14.9 Å². The number of hydrogen-bond acceptors (Lipinski definition) is 3. The molecule has 1 aliphatic rings. The summed E-state index contributed by atoms with van der Waals surface area (Å²) < 4.78 is 7.80. The monoisotopic (exact) mass is 235 g/mol. The SMILES string of the molecule is C=CCOCC1NCCc2ncn(C(C)C)c21. The number of rotatable bonds is 5. The maximum absolute atomic E-state index is 5.56. The molecule has 0 saturated carbocycles. The highest BCUT2D eigenvalue weighted by Gasteiger charge is 2.25. The van der Waals surface area contributed by atoms with Crippen molar-refractivity contribution in [2.24, 2.45) is 0 Å². The Bertz CT molecular complexity index is 384. The first-order valence-electron chi connectivity index (χ1n) is 6.21. The van der Waals surface area contributed by atoms with Gasteiger partial charge in [0.15, 0.2) is 0 Å². The third kappa shape index (κ3) is 2.58. The van der Waals surface area contributed by atoms with Crippen LogP contribution in [0.4, 0.5) is 0 Å². The van der Waals surface area contributed by atoms with Crippen LogP contribution in [-0.4, -0.2) is 29.3 Å². The summed E-state index contributed by atoms with van der Waals surface area (Å²) in [6.07, 6.45) is 4.74. The van der Waals surface area contributed by atoms with E-state index in [1.807, 2.05) is 6.33 Å². The molecule has 0 spiro atoms. The van der Waals surface area contributed by atoms with Gasteiger partial charge in [0, 0.05) is 19.0 Å². The van der Waals surface area contributed by atoms with Gasteiger partial charge in [-0.05, 0) is 13.8 Å². The van der Waals surface area contributed by atoms with Crippen molar-refractivity contribution in [3.8, 4) is 0 Å². The zero-order chi connectivity index (χ0) is 12.3. The van der Waals surface area contributed by atoms with Gasteiger partial charge in [-0.25, -0.2) is 4.98 Å². The van der Waals surface area contributed by atoms with Crippen LogP contribution < -0.4 is 5.32 Å². The van der Waals surface area contributed by atoms with Crippen LogP contribution in [0, 0.1) is 0 Å². The van der Waals surface area contributed by atoms with Gasteiger partial charge in [0.25, 0.3) is 0 Å². The number of imidazole rings is 1. The molecule has 4 nitrogen and oxygen atoms in total. The maximum Gasteiger partial charge on any atom is 0.0954 e. The second kappa shape index (κ2) is 5.47. The van der Waals surface area contributed by atoms with Crippen LogP contribution in [0.2, 0.25) is 0 Å². The van der Waals surface area contributed by atoms with Gasteiger partial charge in [-0.15, -0.1) is 6.58 Å². The van der Waals surface area contributed by atoms with Crippen LogP contribution >= 0.6 is 0 Å². The van der Waals surface area contributed by atoms with E-state index in [-0.39, 0.29) is 6.04 Å². The Kier molecular flexibility index (Phi) is 3.97. The number of fused-ring (bicyclic) bond motifs is 1. The van der Waals surface area contributed by atoms with E-state index >= 15 is 0 Å². The van der Waals surface area contributed by atoms with Gasteiger partial charge >= 0.3 is 0 Å². The second-order valence-electron chi connectivity index (χ2n) is 4.66. The summed E-state index contributed by atoms with van der Waals surface area (Å²) in [6.45, 7) is 10.3. The molecule has 1 aliphatic heterocycles. The molecule has 94 valence electrons. The Hall–Kier alpha value is -1.13. The van der Waals surface area contributed by atoms with Gasteiger partial charge < -0.3 is 14.6 Å². The normalized spacial score (nSPS) is 19.4. The topological polar surface area (TPSA) is 39.1 Å². The highest BCUT2D eigenvalue weighted by Crippen LogP contribution is 2.25. The highest BCUT2D eigenvalue weighted by atomic mass is 16.5. The van der Waals surface area contributed by atoms with Crippen molar-refractivity contribution < 1.29 is 4.74 Å². The number of nitrogens with zero attached hydrogens (tertiary/aromatic N) is 2. The minimum absolute atomic E-state index is 0.253. The number of aromatic nitrogens is 2. The first kappa shape index (κ1) is 12.3. The standard InChI is InChI=1S/C13H21N3O/c1-4-7-17-8-12-13-11(5-6-14-12)15-9-16(13)10(2)3/h4,9-10,12,14H,1,5-8H2,2-3H3. The molecule has 0 aromatic carbocycles. The predicted octanol–water partition coefficient (Wildman–Crippen LogP) is 1.85. The van der Waals surface area contributed by atoms with E-state index in [9.17, 15) is 0 Å². The quantitative estimate of drug-likeness (QED) is 0.625. The van der Waals surface area contributed by atoms with Crippen molar-refractivity contribution in [1.29, 1.82) is 0 Å². The highest BCUT2D eigenvalue weighted by molar-refractivity contribution is 5.21. The van der Waals surface area contributed by atoms with Crippen molar-refractivity contribution in [3.05, 3.63) is 30.4 Å².